The molecule has 6 heteroatoms. The van der Waals surface area contributed by atoms with Crippen molar-refractivity contribution in [2.24, 2.45) is 0 Å². The maximum atomic E-state index is 11.8. The topological polar surface area (TPSA) is 92.5 Å². The van der Waals surface area contributed by atoms with Crippen molar-refractivity contribution in [3.05, 3.63) is 29.8 Å². The number of para-hydroxylation sites is 1. The van der Waals surface area contributed by atoms with E-state index in [0.29, 0.717) is 13.1 Å². The standard InChI is InChI=1S/C13H17N3O3/c1-3-16(4-2)13(19)12(18)15-11(17)9-7-5-6-8-10(9)14/h5-8H,3-4,14H2,1-2H3,(H,15,17,18). The van der Waals surface area contributed by atoms with E-state index in [4.69, 9.17) is 5.73 Å². The van der Waals surface area contributed by atoms with E-state index >= 15 is 0 Å². The first kappa shape index (κ1) is 14.7. The molecule has 0 aliphatic carbocycles. The summed E-state index contributed by atoms with van der Waals surface area (Å²) in [5, 5.41) is 2.04. The number of imide groups is 1. The van der Waals surface area contributed by atoms with Crippen LogP contribution in [0.4, 0.5) is 5.69 Å². The van der Waals surface area contributed by atoms with Crippen molar-refractivity contribution in [1.82, 2.24) is 10.2 Å². The van der Waals surface area contributed by atoms with Gasteiger partial charge in [0.2, 0.25) is 0 Å². The first-order valence-corrected chi connectivity index (χ1v) is 6.00. The molecule has 0 saturated carbocycles. The first-order valence-electron chi connectivity index (χ1n) is 6.00. The summed E-state index contributed by atoms with van der Waals surface area (Å²) >= 11 is 0. The van der Waals surface area contributed by atoms with E-state index in [1.807, 2.05) is 5.32 Å². The van der Waals surface area contributed by atoms with Gasteiger partial charge in [0.25, 0.3) is 5.91 Å². The van der Waals surface area contributed by atoms with Gasteiger partial charge in [-0.15, -0.1) is 0 Å². The molecule has 0 aliphatic rings. The summed E-state index contributed by atoms with van der Waals surface area (Å²) < 4.78 is 0. The van der Waals surface area contributed by atoms with Crippen molar-refractivity contribution in [3.63, 3.8) is 0 Å². The number of nitrogens with two attached hydrogens (primary N) is 1. The van der Waals surface area contributed by atoms with Gasteiger partial charge in [-0.2, -0.15) is 0 Å². The average Bonchev–Trinajstić information content (AvgIpc) is 2.40. The van der Waals surface area contributed by atoms with Crippen LogP contribution in [0, 0.1) is 0 Å². The van der Waals surface area contributed by atoms with Gasteiger partial charge in [-0.25, -0.2) is 0 Å². The van der Waals surface area contributed by atoms with Gasteiger partial charge in [-0.05, 0) is 26.0 Å². The molecule has 1 aromatic rings. The van der Waals surface area contributed by atoms with Crippen LogP contribution < -0.4 is 11.1 Å². The van der Waals surface area contributed by atoms with E-state index < -0.39 is 17.7 Å². The molecule has 0 aliphatic heterocycles. The molecule has 0 fully saturated rings. The van der Waals surface area contributed by atoms with E-state index in [2.05, 4.69) is 0 Å². The van der Waals surface area contributed by atoms with E-state index in [9.17, 15) is 14.4 Å². The molecule has 0 unspecified atom stereocenters. The lowest BCUT2D eigenvalue weighted by Gasteiger charge is -2.17. The Morgan fingerprint density at radius 2 is 1.74 bits per heavy atom. The van der Waals surface area contributed by atoms with Gasteiger partial charge in [0.1, 0.15) is 0 Å². The van der Waals surface area contributed by atoms with Crippen LogP contribution in [0.2, 0.25) is 0 Å². The highest BCUT2D eigenvalue weighted by atomic mass is 16.2. The van der Waals surface area contributed by atoms with Gasteiger partial charge in [0.15, 0.2) is 0 Å². The molecule has 3 amide bonds. The van der Waals surface area contributed by atoms with Crippen molar-refractivity contribution < 1.29 is 14.4 Å². The molecule has 0 aromatic heterocycles. The van der Waals surface area contributed by atoms with Gasteiger partial charge in [0.05, 0.1) is 5.56 Å². The molecule has 3 N–H and O–H groups in total. The molecule has 1 aromatic carbocycles. The van der Waals surface area contributed by atoms with Crippen molar-refractivity contribution in [3.8, 4) is 0 Å². The highest BCUT2D eigenvalue weighted by molar-refractivity contribution is 6.38. The largest absolute Gasteiger partial charge is 0.398 e. The minimum absolute atomic E-state index is 0.170. The summed E-state index contributed by atoms with van der Waals surface area (Å²) in [6.45, 7) is 4.33. The molecule has 19 heavy (non-hydrogen) atoms. The Balaban J connectivity index is 2.75. The minimum atomic E-state index is -0.947. The fourth-order valence-electron chi connectivity index (χ4n) is 1.58. The number of benzene rings is 1. The maximum Gasteiger partial charge on any atom is 0.316 e. The second-order valence-electron chi connectivity index (χ2n) is 3.85. The number of nitrogens with zero attached hydrogens (tertiary/aromatic N) is 1. The number of likely N-dealkylation sites (N-methyl/N-ethyl adjacent to an activating group) is 1. The number of hydrogen-bond acceptors (Lipinski definition) is 4. The molecule has 6 nitrogen and oxygen atoms in total. The van der Waals surface area contributed by atoms with Gasteiger partial charge in [-0.3, -0.25) is 19.7 Å². The lowest BCUT2D eigenvalue weighted by atomic mass is 10.1. The lowest BCUT2D eigenvalue weighted by Crippen LogP contribution is -2.45. The zero-order valence-corrected chi connectivity index (χ0v) is 11.0. The third-order valence-corrected chi connectivity index (χ3v) is 2.68. The predicted molar refractivity (Wildman–Crippen MR) is 71.3 cm³/mol. The quantitative estimate of drug-likeness (QED) is 0.609. The van der Waals surface area contributed by atoms with Crippen molar-refractivity contribution in [2.45, 2.75) is 13.8 Å². The van der Waals surface area contributed by atoms with Gasteiger partial charge >= 0.3 is 11.8 Å². The third-order valence-electron chi connectivity index (χ3n) is 2.68. The molecule has 0 heterocycles. The van der Waals surface area contributed by atoms with Crippen LogP contribution in [-0.4, -0.2) is 35.7 Å². The SMILES string of the molecule is CCN(CC)C(=O)C(=O)NC(=O)c1ccccc1N. The Morgan fingerprint density at radius 3 is 2.26 bits per heavy atom. The van der Waals surface area contributed by atoms with Crippen LogP contribution in [0.25, 0.3) is 0 Å². The second kappa shape index (κ2) is 6.53. The van der Waals surface area contributed by atoms with E-state index in [0.717, 1.165) is 0 Å². The maximum absolute atomic E-state index is 11.8. The number of rotatable bonds is 3. The zero-order valence-electron chi connectivity index (χ0n) is 11.0. The number of nitrogen functional groups attached to an aromatic ring is 1. The number of amides is 3. The highest BCUT2D eigenvalue weighted by Gasteiger charge is 2.22. The molecule has 0 atom stereocenters. The second-order valence-corrected chi connectivity index (χ2v) is 3.85. The summed E-state index contributed by atoms with van der Waals surface area (Å²) in [5.41, 5.74) is 6.04. The van der Waals surface area contributed by atoms with Gasteiger partial charge < -0.3 is 10.6 Å². The van der Waals surface area contributed by atoms with Crippen LogP contribution in [0.3, 0.4) is 0 Å². The van der Waals surface area contributed by atoms with Crippen molar-refractivity contribution >= 4 is 23.4 Å². The molecule has 1 rings (SSSR count). The fraction of sp³-hybridized carbons (Fsp3) is 0.308. The van der Waals surface area contributed by atoms with Crippen LogP contribution >= 0.6 is 0 Å². The number of hydrogen-bond donors (Lipinski definition) is 2. The van der Waals surface area contributed by atoms with E-state index in [1.165, 1.54) is 11.0 Å². The molecule has 0 spiro atoms. The number of anilines is 1. The van der Waals surface area contributed by atoms with Gasteiger partial charge in [-0.1, -0.05) is 12.1 Å². The van der Waals surface area contributed by atoms with Crippen LogP contribution in [-0.2, 0) is 9.59 Å². The number of nitrogens with one attached hydrogen (secondary N) is 1. The first-order chi connectivity index (χ1) is 9.01. The van der Waals surface area contributed by atoms with Crippen LogP contribution in [0.5, 0.6) is 0 Å². The number of carbonyl (C=O) groups is 3. The summed E-state index contributed by atoms with van der Waals surface area (Å²) in [7, 11) is 0. The Labute approximate surface area is 111 Å². The zero-order chi connectivity index (χ0) is 14.4. The van der Waals surface area contributed by atoms with Crippen molar-refractivity contribution in [1.29, 1.82) is 0 Å². The number of carbonyl (C=O) groups excluding carboxylic acids is 3. The van der Waals surface area contributed by atoms with E-state index in [-0.39, 0.29) is 11.3 Å². The highest BCUT2D eigenvalue weighted by Crippen LogP contribution is 2.09. The Kier molecular flexibility index (Phi) is 5.05. The summed E-state index contributed by atoms with van der Waals surface area (Å²) in [4.78, 5) is 36.4. The fourth-order valence-corrected chi connectivity index (χ4v) is 1.58. The molecule has 0 saturated heterocycles. The molecular weight excluding hydrogens is 246 g/mol. The Morgan fingerprint density at radius 1 is 1.16 bits per heavy atom. The Bertz CT molecular complexity index is 496. The normalized spacial score (nSPS) is 9.79. The summed E-state index contributed by atoms with van der Waals surface area (Å²) in [6.07, 6.45) is 0. The molecule has 102 valence electrons. The third kappa shape index (κ3) is 3.54. The van der Waals surface area contributed by atoms with Crippen LogP contribution in [0.1, 0.15) is 24.2 Å². The summed E-state index contributed by atoms with van der Waals surface area (Å²) in [6, 6.07) is 6.34. The monoisotopic (exact) mass is 263 g/mol. The van der Waals surface area contributed by atoms with E-state index in [1.54, 1.807) is 32.0 Å². The van der Waals surface area contributed by atoms with Crippen molar-refractivity contribution in [2.75, 3.05) is 18.8 Å². The molecule has 0 radical (unpaired) electrons. The summed E-state index contributed by atoms with van der Waals surface area (Å²) in [5.74, 6) is -2.35. The van der Waals surface area contributed by atoms with Crippen LogP contribution in [0.15, 0.2) is 24.3 Å². The van der Waals surface area contributed by atoms with Gasteiger partial charge in [0, 0.05) is 18.8 Å². The minimum Gasteiger partial charge on any atom is -0.398 e. The smallest absolute Gasteiger partial charge is 0.316 e. The lowest BCUT2D eigenvalue weighted by molar-refractivity contribution is -0.145. The predicted octanol–water partition coefficient (Wildman–Crippen LogP) is 0.394. The Hall–Kier alpha value is -2.37. The average molecular weight is 263 g/mol. The molecular formula is C13H17N3O3. The molecule has 0 bridgehead atoms.